The van der Waals surface area contributed by atoms with E-state index in [0.717, 1.165) is 17.7 Å². The minimum absolute atomic E-state index is 0.161. The van der Waals surface area contributed by atoms with E-state index in [0.29, 0.717) is 30.9 Å². The van der Waals surface area contributed by atoms with Gasteiger partial charge in [0.25, 0.3) is 0 Å². The van der Waals surface area contributed by atoms with Crippen LogP contribution < -0.4 is 10.1 Å². The first kappa shape index (κ1) is 20.8. The lowest BCUT2D eigenvalue weighted by Gasteiger charge is -2.18. The first-order valence-corrected chi connectivity index (χ1v) is 9.50. The van der Waals surface area contributed by atoms with Gasteiger partial charge in [-0.2, -0.15) is 0 Å². The van der Waals surface area contributed by atoms with Crippen molar-refractivity contribution in [2.45, 2.75) is 19.8 Å². The van der Waals surface area contributed by atoms with Crippen molar-refractivity contribution < 1.29 is 23.1 Å². The van der Waals surface area contributed by atoms with Crippen LogP contribution in [0.2, 0.25) is 0 Å². The third-order valence-corrected chi connectivity index (χ3v) is 4.86. The van der Waals surface area contributed by atoms with Crippen LogP contribution in [0.3, 0.4) is 0 Å². The highest BCUT2D eigenvalue weighted by Crippen LogP contribution is 2.35. The summed E-state index contributed by atoms with van der Waals surface area (Å²) < 4.78 is 32.8. The molecule has 29 heavy (non-hydrogen) atoms. The molecule has 1 fully saturated rings. The Labute approximate surface area is 168 Å². The van der Waals surface area contributed by atoms with Gasteiger partial charge in [-0.1, -0.05) is 26.0 Å². The first-order valence-electron chi connectivity index (χ1n) is 9.50. The quantitative estimate of drug-likeness (QED) is 0.748. The Hall–Kier alpha value is -2.96. The van der Waals surface area contributed by atoms with Crippen molar-refractivity contribution in [1.29, 1.82) is 0 Å². The van der Waals surface area contributed by atoms with Crippen molar-refractivity contribution in [2.24, 2.45) is 11.8 Å². The summed E-state index contributed by atoms with van der Waals surface area (Å²) in [6.07, 6.45) is 0. The molecule has 0 unspecified atom stereocenters. The summed E-state index contributed by atoms with van der Waals surface area (Å²) >= 11 is 0. The van der Waals surface area contributed by atoms with Crippen LogP contribution in [0.4, 0.5) is 14.5 Å². The van der Waals surface area contributed by atoms with Crippen molar-refractivity contribution in [3.63, 3.8) is 0 Å². The Bertz CT molecular complexity index is 917. The number of rotatable bonds is 6. The first-order chi connectivity index (χ1) is 13.8. The van der Waals surface area contributed by atoms with Gasteiger partial charge in [0.1, 0.15) is 23.3 Å². The molecule has 1 aliphatic heterocycles. The molecule has 1 N–H and O–H groups in total. The third-order valence-electron chi connectivity index (χ3n) is 4.86. The highest BCUT2D eigenvalue weighted by atomic mass is 19.1. The number of anilines is 1. The zero-order valence-electron chi connectivity index (χ0n) is 16.6. The molecule has 1 saturated heterocycles. The van der Waals surface area contributed by atoms with Crippen LogP contribution in [0.15, 0.2) is 42.5 Å². The van der Waals surface area contributed by atoms with Gasteiger partial charge in [0.2, 0.25) is 11.8 Å². The lowest BCUT2D eigenvalue weighted by molar-refractivity contribution is -0.135. The molecule has 0 saturated carbocycles. The fraction of sp³-hybridized carbons (Fsp3) is 0.364. The summed E-state index contributed by atoms with van der Waals surface area (Å²) in [5.41, 5.74) is 0.634. The van der Waals surface area contributed by atoms with E-state index in [1.807, 2.05) is 38.1 Å². The van der Waals surface area contributed by atoms with Gasteiger partial charge in [-0.25, -0.2) is 8.78 Å². The van der Waals surface area contributed by atoms with Crippen LogP contribution in [-0.4, -0.2) is 36.9 Å². The van der Waals surface area contributed by atoms with Gasteiger partial charge in [-0.15, -0.1) is 0 Å². The number of likely N-dealkylation sites (N-methyl/N-ethyl adjacent to an activating group) is 1. The summed E-state index contributed by atoms with van der Waals surface area (Å²) in [5.74, 6) is -2.98. The molecule has 5 nitrogen and oxygen atoms in total. The molecule has 0 bridgehead atoms. The number of ether oxygens (including phenoxy) is 1. The van der Waals surface area contributed by atoms with Crippen LogP contribution in [0.25, 0.3) is 0 Å². The molecule has 0 aromatic heterocycles. The molecule has 0 spiro atoms. The normalized spacial score (nSPS) is 19.0. The van der Waals surface area contributed by atoms with Gasteiger partial charge in [-0.3, -0.25) is 9.59 Å². The summed E-state index contributed by atoms with van der Waals surface area (Å²) in [6.45, 7) is 5.00. The monoisotopic (exact) mass is 402 g/mol. The van der Waals surface area contributed by atoms with Crippen LogP contribution in [0.1, 0.15) is 25.3 Å². The topological polar surface area (TPSA) is 58.6 Å². The van der Waals surface area contributed by atoms with E-state index < -0.39 is 29.4 Å². The van der Waals surface area contributed by atoms with E-state index in [4.69, 9.17) is 4.74 Å². The molecular weight excluding hydrogens is 378 g/mol. The number of amides is 2. The molecule has 3 rings (SSSR count). The second-order valence-corrected chi connectivity index (χ2v) is 7.69. The fourth-order valence-electron chi connectivity index (χ4n) is 3.39. The number of halogens is 2. The number of nitrogens with zero attached hydrogens (tertiary/aromatic N) is 1. The molecule has 1 aliphatic rings. The molecular formula is C22H24F2N2O3. The zero-order chi connectivity index (χ0) is 21.1. The van der Waals surface area contributed by atoms with Gasteiger partial charge in [0.15, 0.2) is 0 Å². The molecule has 2 aromatic carbocycles. The molecule has 2 amide bonds. The van der Waals surface area contributed by atoms with Crippen molar-refractivity contribution in [1.82, 2.24) is 4.90 Å². The predicted octanol–water partition coefficient (Wildman–Crippen LogP) is 3.81. The number of benzene rings is 2. The average molecular weight is 402 g/mol. The maximum absolute atomic E-state index is 13.9. The lowest BCUT2D eigenvalue weighted by atomic mass is 9.87. The maximum Gasteiger partial charge on any atom is 0.237 e. The van der Waals surface area contributed by atoms with E-state index in [2.05, 4.69) is 5.32 Å². The minimum Gasteiger partial charge on any atom is -0.493 e. The molecule has 7 heteroatoms. The average Bonchev–Trinajstić information content (AvgIpc) is 2.97. The van der Waals surface area contributed by atoms with Crippen LogP contribution in [0.5, 0.6) is 5.75 Å². The highest BCUT2D eigenvalue weighted by Gasteiger charge is 2.44. The van der Waals surface area contributed by atoms with E-state index >= 15 is 0 Å². The molecule has 2 atom stereocenters. The number of carbonyl (C=O) groups excluding carboxylic acids is 2. The van der Waals surface area contributed by atoms with E-state index in [1.165, 1.54) is 4.90 Å². The van der Waals surface area contributed by atoms with Gasteiger partial charge in [0, 0.05) is 25.6 Å². The number of nitrogens with one attached hydrogen (secondary N) is 1. The van der Waals surface area contributed by atoms with Crippen molar-refractivity contribution in [2.75, 3.05) is 25.5 Å². The molecule has 2 aromatic rings. The largest absolute Gasteiger partial charge is 0.493 e. The van der Waals surface area contributed by atoms with E-state index in [9.17, 15) is 18.4 Å². The number of carbonyl (C=O) groups is 2. The Morgan fingerprint density at radius 1 is 1.24 bits per heavy atom. The summed E-state index contributed by atoms with van der Waals surface area (Å²) in [7, 11) is 1.63. The summed E-state index contributed by atoms with van der Waals surface area (Å²) in [4.78, 5) is 27.0. The van der Waals surface area contributed by atoms with Crippen LogP contribution >= 0.6 is 0 Å². The SMILES string of the molecule is CC(C)COc1cccc([C@H]2CN(C)C(=O)[C@@H]2C(=O)Nc2ccc(F)cc2F)c1. The maximum atomic E-state index is 13.9. The second-order valence-electron chi connectivity index (χ2n) is 7.69. The molecule has 0 radical (unpaired) electrons. The Morgan fingerprint density at radius 2 is 2.00 bits per heavy atom. The standard InChI is InChI=1S/C22H24F2N2O3/c1-13(2)12-29-16-6-4-5-14(9-16)17-11-26(3)22(28)20(17)21(27)25-19-8-7-15(23)10-18(19)24/h4-10,13,17,20H,11-12H2,1-3H3,(H,25,27)/t17-,20+/m1/s1. The fourth-order valence-corrected chi connectivity index (χ4v) is 3.39. The lowest BCUT2D eigenvalue weighted by Crippen LogP contribution is -2.33. The van der Waals surface area contributed by atoms with Gasteiger partial charge < -0.3 is 15.0 Å². The second kappa shape index (κ2) is 8.59. The minimum atomic E-state index is -1.01. The van der Waals surface area contributed by atoms with Crippen LogP contribution in [-0.2, 0) is 9.59 Å². The third kappa shape index (κ3) is 4.72. The van der Waals surface area contributed by atoms with Gasteiger partial charge >= 0.3 is 0 Å². The number of hydrogen-bond acceptors (Lipinski definition) is 3. The molecule has 154 valence electrons. The van der Waals surface area contributed by atoms with E-state index in [1.54, 1.807) is 7.05 Å². The van der Waals surface area contributed by atoms with Crippen molar-refractivity contribution >= 4 is 17.5 Å². The van der Waals surface area contributed by atoms with Gasteiger partial charge in [0.05, 0.1) is 12.3 Å². The summed E-state index contributed by atoms with van der Waals surface area (Å²) in [5, 5.41) is 2.43. The highest BCUT2D eigenvalue weighted by molar-refractivity contribution is 6.08. The predicted molar refractivity (Wildman–Crippen MR) is 106 cm³/mol. The zero-order valence-corrected chi connectivity index (χ0v) is 16.6. The van der Waals surface area contributed by atoms with Crippen molar-refractivity contribution in [3.05, 3.63) is 59.7 Å². The summed E-state index contributed by atoms with van der Waals surface area (Å²) in [6, 6.07) is 10.2. The number of hydrogen-bond donors (Lipinski definition) is 1. The van der Waals surface area contributed by atoms with Crippen LogP contribution in [0, 0.1) is 23.5 Å². The van der Waals surface area contributed by atoms with E-state index in [-0.39, 0.29) is 11.6 Å². The Kier molecular flexibility index (Phi) is 6.15. The molecule has 1 heterocycles. The Morgan fingerprint density at radius 3 is 2.69 bits per heavy atom. The Balaban J connectivity index is 1.83. The molecule has 0 aliphatic carbocycles. The smallest absolute Gasteiger partial charge is 0.237 e. The van der Waals surface area contributed by atoms with Gasteiger partial charge in [-0.05, 0) is 35.7 Å². The van der Waals surface area contributed by atoms with Crippen molar-refractivity contribution in [3.8, 4) is 5.75 Å². The number of likely N-dealkylation sites (tertiary alicyclic amines) is 1.